The number of carbonyl (C=O) groups is 3. The minimum atomic E-state index is -0.417. The summed E-state index contributed by atoms with van der Waals surface area (Å²) in [6.07, 6.45) is 11.4. The number of amides is 3. The second kappa shape index (κ2) is 14.7. The molecule has 0 saturated heterocycles. The number of fused-ring (bicyclic) bond motifs is 1. The number of anilines is 2. The van der Waals surface area contributed by atoms with E-state index in [0.717, 1.165) is 45.6 Å². The number of hydrogen-bond acceptors (Lipinski definition) is 5. The van der Waals surface area contributed by atoms with Crippen LogP contribution in [-0.2, 0) is 21.0 Å². The highest BCUT2D eigenvalue weighted by Gasteiger charge is 2.51. The predicted molar refractivity (Wildman–Crippen MR) is 203 cm³/mol. The number of carbonyl (C=O) groups excluding carboxylic acids is 3. The van der Waals surface area contributed by atoms with Crippen LogP contribution >= 0.6 is 23.2 Å². The fraction of sp³-hybridized carbons (Fsp3) is 0.366. The van der Waals surface area contributed by atoms with Gasteiger partial charge >= 0.3 is 0 Å². The van der Waals surface area contributed by atoms with Crippen molar-refractivity contribution in [3.63, 3.8) is 0 Å². The highest BCUT2D eigenvalue weighted by atomic mass is 35.5. The van der Waals surface area contributed by atoms with Crippen LogP contribution in [0.4, 0.5) is 11.4 Å². The third-order valence-electron chi connectivity index (χ3n) is 10.8. The topological polar surface area (TPSA) is 101 Å². The third kappa shape index (κ3) is 7.92. The molecule has 4 aliphatic rings. The van der Waals surface area contributed by atoms with Crippen LogP contribution in [-0.4, -0.2) is 36.3 Å². The first kappa shape index (κ1) is 35.0. The monoisotopic (exact) mass is 724 g/mol. The molecule has 0 aliphatic heterocycles. The van der Waals surface area contributed by atoms with Gasteiger partial charge in [0.05, 0.1) is 17.3 Å². The fourth-order valence-electron chi connectivity index (χ4n) is 8.84. The van der Waals surface area contributed by atoms with E-state index < -0.39 is 5.91 Å². The maximum Gasteiger partial charge on any atom is 0.246 e. The molecule has 1 heterocycles. The predicted octanol–water partition coefficient (Wildman–Crippen LogP) is 8.77. The second-order valence-electron chi connectivity index (χ2n) is 14.7. The molecule has 8 rings (SSSR count). The van der Waals surface area contributed by atoms with Crippen LogP contribution < -0.4 is 20.3 Å². The van der Waals surface area contributed by atoms with Crippen molar-refractivity contribution in [2.75, 3.05) is 23.8 Å². The number of halogens is 2. The lowest BCUT2D eigenvalue weighted by molar-refractivity contribution is -0.124. The molecule has 4 fully saturated rings. The minimum Gasteiger partial charge on any atom is -0.487 e. The standard InChI is InChI=1S/C41H42Cl2N4O4/c1-25-6-10-30-4-3-5-35(40(30)45-25)51-24-32-33(42)13-14-34(39(32)43)47(2)38(50)23-44-36(48)15-9-26-7-11-31(12-8-26)46-37(49)22-41-19-27-16-28(20-41)18-29(17-27)21-41/h3-15,27-29H,16-24H2,1-2H3,(H,44,48)(H,46,49). The van der Waals surface area contributed by atoms with Gasteiger partial charge in [0.2, 0.25) is 17.7 Å². The van der Waals surface area contributed by atoms with Crippen LogP contribution in [0, 0.1) is 30.1 Å². The highest BCUT2D eigenvalue weighted by molar-refractivity contribution is 6.38. The van der Waals surface area contributed by atoms with E-state index >= 15 is 0 Å². The number of aryl methyl sites for hydroxylation is 1. The lowest BCUT2D eigenvalue weighted by Crippen LogP contribution is -2.47. The average molecular weight is 726 g/mol. The zero-order valence-corrected chi connectivity index (χ0v) is 30.4. The molecule has 0 atom stereocenters. The van der Waals surface area contributed by atoms with Crippen LogP contribution in [0.25, 0.3) is 17.0 Å². The number of likely N-dealkylation sites (N-methyl/N-ethyl adjacent to an activating group) is 1. The second-order valence-corrected chi connectivity index (χ2v) is 15.5. The van der Waals surface area contributed by atoms with Gasteiger partial charge in [-0.05, 0) is 117 Å². The van der Waals surface area contributed by atoms with Crippen molar-refractivity contribution >= 4 is 69.3 Å². The van der Waals surface area contributed by atoms with Crippen LogP contribution in [0.1, 0.15) is 61.8 Å². The van der Waals surface area contributed by atoms with E-state index in [1.807, 2.05) is 61.5 Å². The van der Waals surface area contributed by atoms with Crippen molar-refractivity contribution < 1.29 is 19.1 Å². The van der Waals surface area contributed by atoms with Crippen molar-refractivity contribution in [2.24, 2.45) is 23.2 Å². The summed E-state index contributed by atoms with van der Waals surface area (Å²) in [5, 5.41) is 7.36. The SMILES string of the molecule is Cc1ccc2cccc(OCc3c(Cl)ccc(N(C)C(=O)CNC(=O)C=Cc4ccc(NC(=O)CC56CC7CC(CC(C7)C5)C6)cc4)c3Cl)c2n1. The Bertz CT molecular complexity index is 1980. The Morgan fingerprint density at radius 1 is 0.941 bits per heavy atom. The molecule has 8 nitrogen and oxygen atoms in total. The molecular weight excluding hydrogens is 683 g/mol. The summed E-state index contributed by atoms with van der Waals surface area (Å²) in [5.41, 5.74) is 4.31. The van der Waals surface area contributed by atoms with Crippen LogP contribution in [0.5, 0.6) is 5.75 Å². The molecule has 10 heteroatoms. The lowest BCUT2D eigenvalue weighted by atomic mass is 9.49. The first-order valence-electron chi connectivity index (χ1n) is 17.6. The highest BCUT2D eigenvalue weighted by Crippen LogP contribution is 2.61. The summed E-state index contributed by atoms with van der Waals surface area (Å²) in [6.45, 7) is 1.75. The normalized spacial score (nSPS) is 21.9. The van der Waals surface area contributed by atoms with Gasteiger partial charge in [0.25, 0.3) is 0 Å². The van der Waals surface area contributed by atoms with Gasteiger partial charge in [-0.1, -0.05) is 53.5 Å². The van der Waals surface area contributed by atoms with Crippen molar-refractivity contribution in [3.05, 3.63) is 99.7 Å². The summed E-state index contributed by atoms with van der Waals surface area (Å²) < 4.78 is 6.11. The Balaban J connectivity index is 0.898. The number of aromatic nitrogens is 1. The first-order chi connectivity index (χ1) is 24.5. The van der Waals surface area contributed by atoms with Gasteiger partial charge in [0, 0.05) is 46.9 Å². The van der Waals surface area contributed by atoms with Gasteiger partial charge in [-0.2, -0.15) is 0 Å². The molecule has 4 aliphatic carbocycles. The molecule has 4 saturated carbocycles. The molecule has 51 heavy (non-hydrogen) atoms. The van der Waals surface area contributed by atoms with E-state index in [4.69, 9.17) is 27.9 Å². The Labute approximate surface area is 308 Å². The van der Waals surface area contributed by atoms with Crippen LogP contribution in [0.15, 0.2) is 72.8 Å². The van der Waals surface area contributed by atoms with Crippen molar-refractivity contribution in [1.29, 1.82) is 0 Å². The smallest absolute Gasteiger partial charge is 0.246 e. The molecule has 0 radical (unpaired) electrons. The molecule has 0 unspecified atom stereocenters. The number of ether oxygens (including phenoxy) is 1. The van der Waals surface area contributed by atoms with Gasteiger partial charge in [0.15, 0.2) is 0 Å². The summed E-state index contributed by atoms with van der Waals surface area (Å²) in [5.74, 6) is 2.35. The molecule has 4 aromatic rings. The molecule has 0 spiro atoms. The van der Waals surface area contributed by atoms with E-state index in [-0.39, 0.29) is 35.4 Å². The molecule has 1 aromatic heterocycles. The number of rotatable bonds is 11. The van der Waals surface area contributed by atoms with Crippen LogP contribution in [0.3, 0.4) is 0 Å². The number of nitrogens with zero attached hydrogens (tertiary/aromatic N) is 2. The average Bonchev–Trinajstić information content (AvgIpc) is 3.09. The number of para-hydroxylation sites is 1. The lowest BCUT2D eigenvalue weighted by Gasteiger charge is -2.56. The number of benzene rings is 3. The van der Waals surface area contributed by atoms with Gasteiger partial charge < -0.3 is 20.3 Å². The Morgan fingerprint density at radius 2 is 1.65 bits per heavy atom. The van der Waals surface area contributed by atoms with E-state index in [2.05, 4.69) is 15.6 Å². The molecule has 3 amide bonds. The maximum atomic E-state index is 13.1. The van der Waals surface area contributed by atoms with E-state index in [9.17, 15) is 14.4 Å². The summed E-state index contributed by atoms with van der Waals surface area (Å²) in [4.78, 5) is 44.7. The molecular formula is C41H42Cl2N4O4. The summed E-state index contributed by atoms with van der Waals surface area (Å²) in [7, 11) is 1.59. The van der Waals surface area contributed by atoms with Gasteiger partial charge in [0.1, 0.15) is 17.9 Å². The molecule has 3 aromatic carbocycles. The zero-order chi connectivity index (χ0) is 35.7. The number of nitrogens with one attached hydrogen (secondary N) is 2. The van der Waals surface area contributed by atoms with E-state index in [1.165, 1.54) is 49.5 Å². The van der Waals surface area contributed by atoms with E-state index in [1.54, 1.807) is 25.3 Å². The summed E-state index contributed by atoms with van der Waals surface area (Å²) >= 11 is 13.3. The third-order valence-corrected chi connectivity index (χ3v) is 11.6. The largest absolute Gasteiger partial charge is 0.487 e. The van der Waals surface area contributed by atoms with Crippen molar-refractivity contribution in [2.45, 2.75) is 58.5 Å². The van der Waals surface area contributed by atoms with Crippen molar-refractivity contribution in [3.8, 4) is 5.75 Å². The van der Waals surface area contributed by atoms with Gasteiger partial charge in [-0.15, -0.1) is 0 Å². The maximum absolute atomic E-state index is 13.1. The Hall–Kier alpha value is -4.40. The van der Waals surface area contributed by atoms with Crippen molar-refractivity contribution in [1.82, 2.24) is 10.3 Å². The summed E-state index contributed by atoms with van der Waals surface area (Å²) in [6, 6.07) is 20.4. The first-order valence-corrected chi connectivity index (χ1v) is 18.4. The van der Waals surface area contributed by atoms with E-state index in [0.29, 0.717) is 28.4 Å². The van der Waals surface area contributed by atoms with Gasteiger partial charge in [-0.3, -0.25) is 14.4 Å². The zero-order valence-electron chi connectivity index (χ0n) is 28.9. The quantitative estimate of drug-likeness (QED) is 0.151. The Morgan fingerprint density at radius 3 is 2.35 bits per heavy atom. The number of hydrogen-bond donors (Lipinski definition) is 2. The van der Waals surface area contributed by atoms with Crippen LogP contribution in [0.2, 0.25) is 10.0 Å². The van der Waals surface area contributed by atoms with Gasteiger partial charge in [-0.25, -0.2) is 4.98 Å². The Kier molecular flexibility index (Phi) is 10.1. The molecule has 264 valence electrons. The molecule has 2 N–H and O–H groups in total. The number of pyridine rings is 1. The fourth-order valence-corrected chi connectivity index (χ4v) is 9.44. The minimum absolute atomic E-state index is 0.0684. The molecule has 4 bridgehead atoms.